The van der Waals surface area contributed by atoms with Crippen molar-refractivity contribution < 1.29 is 18.3 Å². The van der Waals surface area contributed by atoms with Gasteiger partial charge >= 0.3 is 0 Å². The first-order valence-electron chi connectivity index (χ1n) is 8.41. The molecule has 3 aromatic rings. The lowest BCUT2D eigenvalue weighted by molar-refractivity contribution is 0.0600. The van der Waals surface area contributed by atoms with Gasteiger partial charge in [-0.2, -0.15) is 5.10 Å². The molecule has 9 heteroatoms. The van der Waals surface area contributed by atoms with Gasteiger partial charge < -0.3 is 15.4 Å². The third kappa shape index (κ3) is 3.40. The summed E-state index contributed by atoms with van der Waals surface area (Å²) in [6.45, 7) is 1.98. The molecule has 1 amide bonds. The predicted octanol–water partition coefficient (Wildman–Crippen LogP) is 2.41. The molecule has 3 heterocycles. The monoisotopic (exact) mass is 373 g/mol. The molecule has 2 aromatic heterocycles. The summed E-state index contributed by atoms with van der Waals surface area (Å²) in [6.07, 6.45) is 0.179. The maximum atomic E-state index is 13.4. The fourth-order valence-corrected chi connectivity index (χ4v) is 2.90. The van der Waals surface area contributed by atoms with Gasteiger partial charge in [-0.05, 0) is 19.1 Å². The number of amides is 1. The van der Waals surface area contributed by atoms with Gasteiger partial charge in [0.15, 0.2) is 5.65 Å². The molecule has 2 N–H and O–H groups in total. The van der Waals surface area contributed by atoms with Crippen molar-refractivity contribution in [3.63, 3.8) is 0 Å². The third-order valence-corrected chi connectivity index (χ3v) is 4.33. The summed E-state index contributed by atoms with van der Waals surface area (Å²) in [6, 6.07) is 5.76. The maximum Gasteiger partial charge on any atom is 0.261 e. The van der Waals surface area contributed by atoms with Gasteiger partial charge in [-0.3, -0.25) is 4.79 Å². The minimum Gasteiger partial charge on any atom is -0.491 e. The zero-order valence-electron chi connectivity index (χ0n) is 14.4. The van der Waals surface area contributed by atoms with E-state index in [4.69, 9.17) is 4.74 Å². The van der Waals surface area contributed by atoms with Gasteiger partial charge in [-0.15, -0.1) is 0 Å². The van der Waals surface area contributed by atoms with Gasteiger partial charge in [0.2, 0.25) is 0 Å². The molecule has 0 saturated heterocycles. The van der Waals surface area contributed by atoms with Gasteiger partial charge in [-0.1, -0.05) is 17.7 Å². The molecule has 0 saturated carbocycles. The van der Waals surface area contributed by atoms with E-state index in [1.54, 1.807) is 18.3 Å². The highest BCUT2D eigenvalue weighted by molar-refractivity contribution is 6.00. The van der Waals surface area contributed by atoms with Crippen LogP contribution in [0.25, 0.3) is 5.65 Å². The topological polar surface area (TPSA) is 80.5 Å². The minimum atomic E-state index is -2.78. The van der Waals surface area contributed by atoms with Gasteiger partial charge in [0.05, 0.1) is 6.20 Å². The van der Waals surface area contributed by atoms with Crippen LogP contribution < -0.4 is 15.4 Å². The Kier molecular flexibility index (Phi) is 4.35. The summed E-state index contributed by atoms with van der Waals surface area (Å²) >= 11 is 0. The highest BCUT2D eigenvalue weighted by atomic mass is 19.3. The number of benzene rings is 1. The fourth-order valence-electron chi connectivity index (χ4n) is 2.90. The van der Waals surface area contributed by atoms with Crippen LogP contribution in [-0.4, -0.2) is 39.6 Å². The molecule has 1 atom stereocenters. The number of fused-ring (bicyclic) bond motifs is 2. The van der Waals surface area contributed by atoms with Crippen LogP contribution in [0.4, 0.5) is 14.6 Å². The highest BCUT2D eigenvalue weighted by Crippen LogP contribution is 2.23. The summed E-state index contributed by atoms with van der Waals surface area (Å²) in [5.41, 5.74) is 2.24. The van der Waals surface area contributed by atoms with Crippen molar-refractivity contribution in [1.82, 2.24) is 19.9 Å². The van der Waals surface area contributed by atoms with Crippen LogP contribution in [0.1, 0.15) is 21.5 Å². The lowest BCUT2D eigenvalue weighted by atomic mass is 10.1. The molecule has 1 aromatic carbocycles. The third-order valence-electron chi connectivity index (χ3n) is 4.33. The molecule has 0 radical (unpaired) electrons. The van der Waals surface area contributed by atoms with Crippen molar-refractivity contribution in [1.29, 1.82) is 0 Å². The first-order valence-corrected chi connectivity index (χ1v) is 8.41. The Balaban J connectivity index is 1.78. The van der Waals surface area contributed by atoms with Crippen LogP contribution in [0.5, 0.6) is 5.75 Å². The van der Waals surface area contributed by atoms with Crippen LogP contribution in [-0.2, 0) is 6.54 Å². The fraction of sp³-hybridized carbons (Fsp3) is 0.278. The van der Waals surface area contributed by atoms with E-state index in [1.807, 2.05) is 19.1 Å². The molecule has 27 heavy (non-hydrogen) atoms. The highest BCUT2D eigenvalue weighted by Gasteiger charge is 2.26. The zero-order chi connectivity index (χ0) is 19.0. The van der Waals surface area contributed by atoms with Crippen molar-refractivity contribution in [2.75, 3.05) is 11.9 Å². The van der Waals surface area contributed by atoms with Gasteiger partial charge in [0, 0.05) is 18.3 Å². The van der Waals surface area contributed by atoms with E-state index in [0.717, 1.165) is 11.1 Å². The molecule has 0 fully saturated rings. The SMILES string of the molecule is Cc1ccc2c(c1)CNc1ccn3ncc(c3n1)C(=O)NC(C(F)F)CO2. The molecular formula is C18H17F2N5O2. The minimum absolute atomic E-state index is 0.122. The van der Waals surface area contributed by atoms with E-state index in [1.165, 1.54) is 10.7 Å². The number of hydrogen-bond acceptors (Lipinski definition) is 5. The number of aromatic nitrogens is 3. The van der Waals surface area contributed by atoms with Gasteiger partial charge in [0.25, 0.3) is 12.3 Å². The second-order valence-electron chi connectivity index (χ2n) is 6.33. The lowest BCUT2D eigenvalue weighted by Gasteiger charge is -2.19. The van der Waals surface area contributed by atoms with Crippen molar-refractivity contribution in [2.45, 2.75) is 25.9 Å². The standard InChI is InChI=1S/C18H17F2N5O2/c1-10-2-3-14-11(6-10)7-21-15-4-5-25-17(24-15)12(8-22-25)18(26)23-13(9-27-14)16(19)20/h2-6,8,13,16H,7,9H2,1H3,(H,21,24)(H,23,26). The summed E-state index contributed by atoms with van der Waals surface area (Å²) in [7, 11) is 0. The van der Waals surface area contributed by atoms with Crippen LogP contribution in [0.2, 0.25) is 0 Å². The number of nitrogens with zero attached hydrogens (tertiary/aromatic N) is 3. The number of anilines is 1. The number of ether oxygens (including phenoxy) is 1. The van der Waals surface area contributed by atoms with Crippen LogP contribution in [0, 0.1) is 6.92 Å². The number of alkyl halides is 2. The van der Waals surface area contributed by atoms with Gasteiger partial charge in [0.1, 0.15) is 29.8 Å². The molecule has 1 unspecified atom stereocenters. The van der Waals surface area contributed by atoms with Crippen LogP contribution >= 0.6 is 0 Å². The average molecular weight is 373 g/mol. The van der Waals surface area contributed by atoms with Crippen molar-refractivity contribution in [3.05, 3.63) is 53.3 Å². The smallest absolute Gasteiger partial charge is 0.261 e. The molecule has 2 bridgehead atoms. The first kappa shape index (κ1) is 17.2. The molecule has 0 aliphatic carbocycles. The zero-order valence-corrected chi connectivity index (χ0v) is 14.4. The maximum absolute atomic E-state index is 13.4. The number of nitrogens with one attached hydrogen (secondary N) is 2. The van der Waals surface area contributed by atoms with E-state index in [0.29, 0.717) is 18.1 Å². The van der Waals surface area contributed by atoms with Crippen molar-refractivity contribution >= 4 is 17.4 Å². The number of carbonyl (C=O) groups excluding carboxylic acids is 1. The number of hydrogen-bond donors (Lipinski definition) is 2. The summed E-state index contributed by atoms with van der Waals surface area (Å²) < 4.78 is 33.9. The van der Waals surface area contributed by atoms with E-state index >= 15 is 0 Å². The summed E-state index contributed by atoms with van der Waals surface area (Å²) in [5, 5.41) is 9.55. The molecule has 140 valence electrons. The molecule has 4 rings (SSSR count). The molecule has 7 nitrogen and oxygen atoms in total. The first-order chi connectivity index (χ1) is 13.0. The average Bonchev–Trinajstić information content (AvgIpc) is 3.06. The quantitative estimate of drug-likeness (QED) is 0.685. The lowest BCUT2D eigenvalue weighted by Crippen LogP contribution is -2.44. The Morgan fingerprint density at radius 3 is 3.00 bits per heavy atom. The summed E-state index contributed by atoms with van der Waals surface area (Å²) in [5.74, 6) is 0.345. The number of rotatable bonds is 1. The Bertz CT molecular complexity index is 1000. The predicted molar refractivity (Wildman–Crippen MR) is 94.2 cm³/mol. The normalized spacial score (nSPS) is 17.3. The summed E-state index contributed by atoms with van der Waals surface area (Å²) in [4.78, 5) is 16.9. The molecular weight excluding hydrogens is 356 g/mol. The Hall–Kier alpha value is -3.23. The molecule has 1 aliphatic rings. The molecule has 0 spiro atoms. The Morgan fingerprint density at radius 2 is 2.19 bits per heavy atom. The van der Waals surface area contributed by atoms with E-state index in [2.05, 4.69) is 20.7 Å². The molecule has 1 aliphatic heterocycles. The van der Waals surface area contributed by atoms with E-state index < -0.39 is 18.4 Å². The number of carbonyl (C=O) groups is 1. The largest absolute Gasteiger partial charge is 0.491 e. The van der Waals surface area contributed by atoms with Crippen LogP contribution in [0.3, 0.4) is 0 Å². The second kappa shape index (κ2) is 6.82. The van der Waals surface area contributed by atoms with Gasteiger partial charge in [-0.25, -0.2) is 18.3 Å². The number of halogens is 2. The van der Waals surface area contributed by atoms with Crippen LogP contribution in [0.15, 0.2) is 36.7 Å². The van der Waals surface area contributed by atoms with E-state index in [9.17, 15) is 13.6 Å². The Labute approximate surface area is 153 Å². The van der Waals surface area contributed by atoms with Crippen molar-refractivity contribution in [3.8, 4) is 5.75 Å². The van der Waals surface area contributed by atoms with E-state index in [-0.39, 0.29) is 17.8 Å². The number of aryl methyl sites for hydroxylation is 1. The van der Waals surface area contributed by atoms with Crippen molar-refractivity contribution in [2.24, 2.45) is 0 Å². The Morgan fingerprint density at radius 1 is 1.33 bits per heavy atom. The second-order valence-corrected chi connectivity index (χ2v) is 6.33.